The van der Waals surface area contributed by atoms with Gasteiger partial charge in [-0.05, 0) is 42.8 Å². The molecule has 0 radical (unpaired) electrons. The van der Waals surface area contributed by atoms with E-state index >= 15 is 0 Å². The zero-order valence-electron chi connectivity index (χ0n) is 14.6. The van der Waals surface area contributed by atoms with Gasteiger partial charge in [-0.1, -0.05) is 29.8 Å². The van der Waals surface area contributed by atoms with Gasteiger partial charge in [-0.3, -0.25) is 9.59 Å². The molecule has 2 amide bonds. The number of methoxy groups -OCH3 is 1. The van der Waals surface area contributed by atoms with Crippen molar-refractivity contribution in [2.24, 2.45) is 0 Å². The molecule has 1 atom stereocenters. The van der Waals surface area contributed by atoms with Gasteiger partial charge in [0.15, 0.2) is 0 Å². The molecule has 2 aromatic carbocycles. The van der Waals surface area contributed by atoms with Gasteiger partial charge in [0, 0.05) is 23.7 Å². The molecule has 7 heteroatoms. The third-order valence-electron chi connectivity index (χ3n) is 3.66. The van der Waals surface area contributed by atoms with Crippen LogP contribution >= 0.6 is 11.6 Å². The number of aliphatic hydroxyl groups is 1. The molecule has 0 bridgehead atoms. The summed E-state index contributed by atoms with van der Waals surface area (Å²) in [5.74, 6) is -0.938. The summed E-state index contributed by atoms with van der Waals surface area (Å²) in [6.07, 6.45) is 0.313. The Kier molecular flexibility index (Phi) is 6.60. The third-order valence-corrected chi connectivity index (χ3v) is 3.90. The minimum Gasteiger partial charge on any atom is -0.497 e. The maximum atomic E-state index is 11.9. The van der Waals surface area contributed by atoms with Crippen molar-refractivity contribution in [1.82, 2.24) is 5.32 Å². The van der Waals surface area contributed by atoms with Crippen molar-refractivity contribution in [2.75, 3.05) is 19.0 Å². The Hall–Kier alpha value is -2.57. The Balaban J connectivity index is 1.86. The molecule has 26 heavy (non-hydrogen) atoms. The lowest BCUT2D eigenvalue weighted by Gasteiger charge is -2.23. The molecule has 2 rings (SSSR count). The van der Waals surface area contributed by atoms with Crippen LogP contribution in [-0.4, -0.2) is 36.2 Å². The molecule has 0 aliphatic heterocycles. The number of nitrogens with one attached hydrogen (secondary N) is 2. The Bertz CT molecular complexity index is 775. The molecule has 138 valence electrons. The first-order chi connectivity index (χ1) is 12.3. The molecule has 0 spiro atoms. The van der Waals surface area contributed by atoms with E-state index in [9.17, 15) is 14.7 Å². The van der Waals surface area contributed by atoms with Gasteiger partial charge in [0.2, 0.25) is 0 Å². The molecule has 2 aromatic rings. The summed E-state index contributed by atoms with van der Waals surface area (Å²) in [6, 6.07) is 13.7. The summed E-state index contributed by atoms with van der Waals surface area (Å²) < 4.78 is 5.09. The molecule has 0 heterocycles. The second-order valence-corrected chi connectivity index (χ2v) is 6.61. The summed E-state index contributed by atoms with van der Waals surface area (Å²) >= 11 is 5.83. The van der Waals surface area contributed by atoms with Gasteiger partial charge in [0.1, 0.15) is 5.75 Å². The predicted octanol–water partition coefficient (Wildman–Crippen LogP) is 2.40. The number of rotatable bonds is 6. The monoisotopic (exact) mass is 376 g/mol. The Morgan fingerprint density at radius 1 is 1.15 bits per heavy atom. The second kappa shape index (κ2) is 8.69. The summed E-state index contributed by atoms with van der Waals surface area (Å²) in [5, 5.41) is 15.8. The lowest BCUT2D eigenvalue weighted by atomic mass is 9.96. The van der Waals surface area contributed by atoms with Gasteiger partial charge in [0.25, 0.3) is 0 Å². The van der Waals surface area contributed by atoms with E-state index in [1.807, 2.05) is 12.1 Å². The molecule has 1 unspecified atom stereocenters. The van der Waals surface area contributed by atoms with Crippen LogP contribution in [0.5, 0.6) is 5.75 Å². The number of hydrogen-bond donors (Lipinski definition) is 3. The van der Waals surface area contributed by atoms with Crippen LogP contribution in [0, 0.1) is 0 Å². The maximum Gasteiger partial charge on any atom is 0.313 e. The number of halogens is 1. The third kappa shape index (κ3) is 6.06. The number of carbonyl (C=O) groups excluding carboxylic acids is 2. The van der Waals surface area contributed by atoms with Crippen LogP contribution in [0.15, 0.2) is 48.5 Å². The van der Waals surface area contributed by atoms with Crippen molar-refractivity contribution in [2.45, 2.75) is 18.9 Å². The minimum atomic E-state index is -1.21. The SMILES string of the molecule is COc1ccc(CC(C)(O)CNC(=O)C(=O)Nc2cccc(Cl)c2)cc1. The Labute approximate surface area is 157 Å². The van der Waals surface area contributed by atoms with E-state index in [0.29, 0.717) is 17.1 Å². The highest BCUT2D eigenvalue weighted by Crippen LogP contribution is 2.17. The highest BCUT2D eigenvalue weighted by atomic mass is 35.5. The summed E-state index contributed by atoms with van der Waals surface area (Å²) in [4.78, 5) is 23.8. The normalized spacial score (nSPS) is 12.8. The van der Waals surface area contributed by atoms with Crippen LogP contribution in [0.25, 0.3) is 0 Å². The Morgan fingerprint density at radius 2 is 1.85 bits per heavy atom. The average molecular weight is 377 g/mol. The van der Waals surface area contributed by atoms with Crippen LogP contribution in [0.3, 0.4) is 0 Å². The first-order valence-electron chi connectivity index (χ1n) is 7.99. The smallest absolute Gasteiger partial charge is 0.313 e. The molecule has 6 nitrogen and oxygen atoms in total. The molecule has 0 saturated heterocycles. The van der Waals surface area contributed by atoms with E-state index < -0.39 is 17.4 Å². The zero-order chi connectivity index (χ0) is 19.2. The van der Waals surface area contributed by atoms with Crippen molar-refractivity contribution in [3.63, 3.8) is 0 Å². The fraction of sp³-hybridized carbons (Fsp3) is 0.263. The van der Waals surface area contributed by atoms with Crippen LogP contribution < -0.4 is 15.4 Å². The van der Waals surface area contributed by atoms with E-state index in [1.165, 1.54) is 6.07 Å². The summed E-state index contributed by atoms with van der Waals surface area (Å²) in [6.45, 7) is 1.52. The second-order valence-electron chi connectivity index (χ2n) is 6.17. The van der Waals surface area contributed by atoms with Gasteiger partial charge < -0.3 is 20.5 Å². The molecule has 0 saturated carbocycles. The van der Waals surface area contributed by atoms with E-state index in [1.54, 1.807) is 44.4 Å². The number of amides is 2. The van der Waals surface area contributed by atoms with E-state index in [2.05, 4.69) is 10.6 Å². The van der Waals surface area contributed by atoms with Crippen molar-refractivity contribution >= 4 is 29.1 Å². The summed E-state index contributed by atoms with van der Waals surface area (Å²) in [7, 11) is 1.58. The fourth-order valence-electron chi connectivity index (χ4n) is 2.35. The molecule has 0 aromatic heterocycles. The van der Waals surface area contributed by atoms with Crippen LogP contribution in [0.1, 0.15) is 12.5 Å². The Morgan fingerprint density at radius 3 is 2.46 bits per heavy atom. The number of benzene rings is 2. The van der Waals surface area contributed by atoms with Gasteiger partial charge in [-0.25, -0.2) is 0 Å². The molecular weight excluding hydrogens is 356 g/mol. The lowest BCUT2D eigenvalue weighted by molar-refractivity contribution is -0.136. The van der Waals surface area contributed by atoms with Gasteiger partial charge in [-0.2, -0.15) is 0 Å². The minimum absolute atomic E-state index is 0.0686. The number of ether oxygens (including phenoxy) is 1. The number of anilines is 1. The molecule has 0 aliphatic carbocycles. The van der Waals surface area contributed by atoms with Crippen molar-refractivity contribution in [1.29, 1.82) is 0 Å². The van der Waals surface area contributed by atoms with Crippen LogP contribution in [0.4, 0.5) is 5.69 Å². The van der Waals surface area contributed by atoms with Crippen molar-refractivity contribution in [3.8, 4) is 5.75 Å². The molecule has 0 fully saturated rings. The van der Waals surface area contributed by atoms with Crippen molar-refractivity contribution < 1.29 is 19.4 Å². The summed E-state index contributed by atoms with van der Waals surface area (Å²) in [5.41, 5.74) is 0.0942. The van der Waals surface area contributed by atoms with Crippen LogP contribution in [-0.2, 0) is 16.0 Å². The van der Waals surface area contributed by atoms with E-state index in [0.717, 1.165) is 11.3 Å². The first-order valence-corrected chi connectivity index (χ1v) is 8.37. The quantitative estimate of drug-likeness (QED) is 0.675. The predicted molar refractivity (Wildman–Crippen MR) is 100 cm³/mol. The van der Waals surface area contributed by atoms with E-state index in [-0.39, 0.29) is 6.54 Å². The zero-order valence-corrected chi connectivity index (χ0v) is 15.3. The average Bonchev–Trinajstić information content (AvgIpc) is 2.60. The number of hydrogen-bond acceptors (Lipinski definition) is 4. The largest absolute Gasteiger partial charge is 0.497 e. The highest BCUT2D eigenvalue weighted by Gasteiger charge is 2.24. The van der Waals surface area contributed by atoms with Crippen molar-refractivity contribution in [3.05, 3.63) is 59.1 Å². The maximum absolute atomic E-state index is 11.9. The highest BCUT2D eigenvalue weighted by molar-refractivity contribution is 6.39. The first kappa shape index (κ1) is 19.8. The van der Waals surface area contributed by atoms with Gasteiger partial charge in [0.05, 0.1) is 12.7 Å². The van der Waals surface area contributed by atoms with Gasteiger partial charge >= 0.3 is 11.8 Å². The van der Waals surface area contributed by atoms with Gasteiger partial charge in [-0.15, -0.1) is 0 Å². The topological polar surface area (TPSA) is 87.7 Å². The molecule has 3 N–H and O–H groups in total. The van der Waals surface area contributed by atoms with Crippen LogP contribution in [0.2, 0.25) is 5.02 Å². The molecule has 0 aliphatic rings. The molecular formula is C19H21ClN2O4. The number of carbonyl (C=O) groups is 2. The lowest BCUT2D eigenvalue weighted by Crippen LogP contribution is -2.45. The van der Waals surface area contributed by atoms with E-state index in [4.69, 9.17) is 16.3 Å². The fourth-order valence-corrected chi connectivity index (χ4v) is 2.54. The standard InChI is InChI=1S/C19H21ClN2O4/c1-19(25,11-13-6-8-16(26-2)9-7-13)12-21-17(23)18(24)22-15-5-3-4-14(20)10-15/h3-10,25H,11-12H2,1-2H3,(H,21,23)(H,22,24).